The zero-order valence-corrected chi connectivity index (χ0v) is 11.4. The van der Waals surface area contributed by atoms with Crippen molar-refractivity contribution in [1.82, 2.24) is 4.98 Å². The molecule has 0 amide bonds. The van der Waals surface area contributed by atoms with E-state index in [-0.39, 0.29) is 36.4 Å². The lowest BCUT2D eigenvalue weighted by Gasteiger charge is -2.30. The number of nitrogens with zero attached hydrogens (tertiary/aromatic N) is 2. The number of nitrogens with two attached hydrogens (primary N) is 1. The van der Waals surface area contributed by atoms with E-state index in [4.69, 9.17) is 10.8 Å². The lowest BCUT2D eigenvalue weighted by molar-refractivity contribution is 0.0696. The van der Waals surface area contributed by atoms with Crippen LogP contribution in [0, 0.1) is 0 Å². The van der Waals surface area contributed by atoms with Gasteiger partial charge in [-0.2, -0.15) is 0 Å². The average molecular weight is 294 g/mol. The second-order valence-electron chi connectivity index (χ2n) is 4.03. The molecule has 1 fully saturated rings. The predicted octanol–water partition coefficient (Wildman–Crippen LogP) is 1.55. The largest absolute Gasteiger partial charge is 0.478 e. The highest BCUT2D eigenvalue weighted by Gasteiger charge is 2.17. The molecule has 7 heteroatoms. The molecule has 0 radical (unpaired) electrons. The van der Waals surface area contributed by atoms with Crippen molar-refractivity contribution in [3.63, 3.8) is 0 Å². The minimum absolute atomic E-state index is 0. The van der Waals surface area contributed by atoms with E-state index in [0.29, 0.717) is 0 Å². The summed E-state index contributed by atoms with van der Waals surface area (Å²) in [5, 5.41) is 8.75. The molecule has 5 nitrogen and oxygen atoms in total. The summed E-state index contributed by atoms with van der Waals surface area (Å²) in [6.45, 7) is 1.78. The Morgan fingerprint density at radius 3 is 2.39 bits per heavy atom. The van der Waals surface area contributed by atoms with Crippen molar-refractivity contribution in [2.75, 3.05) is 18.0 Å². The molecule has 0 aromatic carbocycles. The smallest absolute Gasteiger partial charge is 0.337 e. The van der Waals surface area contributed by atoms with Crippen LogP contribution in [0.25, 0.3) is 0 Å². The summed E-state index contributed by atoms with van der Waals surface area (Å²) in [6, 6.07) is 3.62. The van der Waals surface area contributed by atoms with E-state index >= 15 is 0 Å². The van der Waals surface area contributed by atoms with Crippen LogP contribution in [0.2, 0.25) is 0 Å². The molecule has 18 heavy (non-hydrogen) atoms. The van der Waals surface area contributed by atoms with E-state index in [9.17, 15) is 4.79 Å². The summed E-state index contributed by atoms with van der Waals surface area (Å²) in [6.07, 6.45) is 3.32. The van der Waals surface area contributed by atoms with Gasteiger partial charge in [-0.1, -0.05) is 0 Å². The molecule has 0 spiro atoms. The lowest BCUT2D eigenvalue weighted by atomic mass is 10.1. The zero-order valence-electron chi connectivity index (χ0n) is 9.78. The van der Waals surface area contributed by atoms with Crippen molar-refractivity contribution in [1.29, 1.82) is 0 Å². The number of hydrogen-bond acceptors (Lipinski definition) is 4. The van der Waals surface area contributed by atoms with E-state index in [1.807, 2.05) is 0 Å². The van der Waals surface area contributed by atoms with Gasteiger partial charge in [-0.25, -0.2) is 9.78 Å². The third-order valence-corrected chi connectivity index (χ3v) is 2.86. The minimum Gasteiger partial charge on any atom is -0.478 e. The molecular formula is C11H17Cl2N3O2. The number of anilines is 1. The van der Waals surface area contributed by atoms with Crippen molar-refractivity contribution in [3.05, 3.63) is 23.9 Å². The summed E-state index contributed by atoms with van der Waals surface area (Å²) in [5.74, 6) is -0.114. The molecule has 2 rings (SSSR count). The van der Waals surface area contributed by atoms with E-state index in [0.717, 1.165) is 31.7 Å². The van der Waals surface area contributed by atoms with E-state index < -0.39 is 5.97 Å². The number of aromatic nitrogens is 1. The number of hydrogen-bond donors (Lipinski definition) is 2. The number of carboxylic acids is 1. The SMILES string of the molecule is Cl.Cl.NC1CCN(c2ccc(C(=O)O)cn2)CC1. The summed E-state index contributed by atoms with van der Waals surface area (Å²) < 4.78 is 0. The average Bonchev–Trinajstić information content (AvgIpc) is 2.30. The Kier molecular flexibility index (Phi) is 6.98. The van der Waals surface area contributed by atoms with Gasteiger partial charge in [-0.15, -0.1) is 24.8 Å². The highest BCUT2D eigenvalue weighted by atomic mass is 35.5. The molecule has 0 atom stereocenters. The Bertz CT molecular complexity index is 378. The van der Waals surface area contributed by atoms with Crippen LogP contribution in [-0.4, -0.2) is 35.2 Å². The number of rotatable bonds is 2. The summed E-state index contributed by atoms with van der Waals surface area (Å²) >= 11 is 0. The number of piperidine rings is 1. The first-order valence-electron chi connectivity index (χ1n) is 5.36. The van der Waals surface area contributed by atoms with Gasteiger partial charge in [0.15, 0.2) is 0 Å². The van der Waals surface area contributed by atoms with Crippen LogP contribution in [-0.2, 0) is 0 Å². The molecule has 0 unspecified atom stereocenters. The first-order valence-corrected chi connectivity index (χ1v) is 5.36. The predicted molar refractivity (Wildman–Crippen MR) is 75.1 cm³/mol. The zero-order chi connectivity index (χ0) is 11.5. The Balaban J connectivity index is 0.00000144. The van der Waals surface area contributed by atoms with Crippen LogP contribution in [0.1, 0.15) is 23.2 Å². The fraction of sp³-hybridized carbons (Fsp3) is 0.455. The van der Waals surface area contributed by atoms with Crippen molar-refractivity contribution < 1.29 is 9.90 Å². The van der Waals surface area contributed by atoms with Crippen LogP contribution in [0.3, 0.4) is 0 Å². The molecular weight excluding hydrogens is 277 g/mol. The fourth-order valence-electron chi connectivity index (χ4n) is 1.83. The van der Waals surface area contributed by atoms with Gasteiger partial charge >= 0.3 is 5.97 Å². The maximum Gasteiger partial charge on any atom is 0.337 e. The molecule has 0 saturated carbocycles. The van der Waals surface area contributed by atoms with Gasteiger partial charge < -0.3 is 15.7 Å². The van der Waals surface area contributed by atoms with Crippen molar-refractivity contribution in [3.8, 4) is 0 Å². The highest BCUT2D eigenvalue weighted by molar-refractivity contribution is 5.87. The second kappa shape index (κ2) is 7.41. The Hall–Kier alpha value is -1.04. The highest BCUT2D eigenvalue weighted by Crippen LogP contribution is 2.17. The van der Waals surface area contributed by atoms with Crippen molar-refractivity contribution in [2.24, 2.45) is 5.73 Å². The third-order valence-electron chi connectivity index (χ3n) is 2.86. The molecule has 3 N–H and O–H groups in total. The maximum absolute atomic E-state index is 10.7. The minimum atomic E-state index is -0.945. The maximum atomic E-state index is 10.7. The van der Waals surface area contributed by atoms with Crippen molar-refractivity contribution in [2.45, 2.75) is 18.9 Å². The van der Waals surface area contributed by atoms with Gasteiger partial charge in [0.05, 0.1) is 5.56 Å². The van der Waals surface area contributed by atoms with Crippen LogP contribution in [0.5, 0.6) is 0 Å². The van der Waals surface area contributed by atoms with Crippen LogP contribution in [0.15, 0.2) is 18.3 Å². The molecule has 1 aliphatic rings. The van der Waals surface area contributed by atoms with Gasteiger partial charge in [0, 0.05) is 25.3 Å². The lowest BCUT2D eigenvalue weighted by Crippen LogP contribution is -2.40. The summed E-state index contributed by atoms with van der Waals surface area (Å²) in [5.41, 5.74) is 6.03. The summed E-state index contributed by atoms with van der Waals surface area (Å²) in [7, 11) is 0. The van der Waals surface area contributed by atoms with Gasteiger partial charge in [0.25, 0.3) is 0 Å². The molecule has 1 aromatic rings. The number of carbonyl (C=O) groups is 1. The summed E-state index contributed by atoms with van der Waals surface area (Å²) in [4.78, 5) is 16.9. The monoisotopic (exact) mass is 293 g/mol. The Labute approximate surface area is 118 Å². The number of aromatic carboxylic acids is 1. The van der Waals surface area contributed by atoms with E-state index in [1.165, 1.54) is 6.20 Å². The molecule has 1 saturated heterocycles. The molecule has 0 aliphatic carbocycles. The molecule has 2 heterocycles. The van der Waals surface area contributed by atoms with Crippen molar-refractivity contribution >= 4 is 36.6 Å². The number of carboxylic acid groups (broad SMARTS) is 1. The molecule has 0 bridgehead atoms. The number of pyridine rings is 1. The first-order chi connectivity index (χ1) is 7.66. The fourth-order valence-corrected chi connectivity index (χ4v) is 1.83. The molecule has 1 aromatic heterocycles. The molecule has 1 aliphatic heterocycles. The number of halogens is 2. The molecule has 102 valence electrons. The van der Waals surface area contributed by atoms with Gasteiger partial charge in [-0.05, 0) is 25.0 Å². The standard InChI is InChI=1S/C11H15N3O2.2ClH/c12-9-3-5-14(6-4-9)10-2-1-8(7-13-10)11(15)16;;/h1-2,7,9H,3-6,12H2,(H,15,16);2*1H. The topological polar surface area (TPSA) is 79.5 Å². The van der Waals surface area contributed by atoms with E-state index in [2.05, 4.69) is 9.88 Å². The van der Waals surface area contributed by atoms with Gasteiger partial charge in [-0.3, -0.25) is 0 Å². The first kappa shape index (κ1) is 17.0. The van der Waals surface area contributed by atoms with E-state index in [1.54, 1.807) is 12.1 Å². The normalized spacial score (nSPS) is 15.5. The third kappa shape index (κ3) is 4.01. The Morgan fingerprint density at radius 1 is 1.33 bits per heavy atom. The van der Waals surface area contributed by atoms with Crippen LogP contribution < -0.4 is 10.6 Å². The van der Waals surface area contributed by atoms with Gasteiger partial charge in [0.1, 0.15) is 5.82 Å². The second-order valence-corrected chi connectivity index (χ2v) is 4.03. The van der Waals surface area contributed by atoms with Crippen LogP contribution in [0.4, 0.5) is 5.82 Å². The quantitative estimate of drug-likeness (QED) is 0.865. The van der Waals surface area contributed by atoms with Gasteiger partial charge in [0.2, 0.25) is 0 Å². The Morgan fingerprint density at radius 2 is 1.94 bits per heavy atom. The van der Waals surface area contributed by atoms with Crippen LogP contribution >= 0.6 is 24.8 Å².